The van der Waals surface area contributed by atoms with E-state index in [4.69, 9.17) is 20.0 Å². The normalized spacial score (nSPS) is 12.5. The van der Waals surface area contributed by atoms with E-state index in [9.17, 15) is 0 Å². The minimum absolute atomic E-state index is 0.116. The van der Waals surface area contributed by atoms with Gasteiger partial charge in [-0.15, -0.1) is 10.5 Å². The predicted octanol–water partition coefficient (Wildman–Crippen LogP) is 5.36. The van der Waals surface area contributed by atoms with Gasteiger partial charge in [0, 0.05) is 11.5 Å². The molecule has 0 aliphatic rings. The number of nitriles is 2. The lowest BCUT2D eigenvalue weighted by Crippen LogP contribution is -2.15. The standard InChI is InChI=1S/C21H22N2O2/c1-3-7-16(4-2)21(17-10-12-18(13-11-17)24-14-22)19-8-5-6-9-20(19)25-15-23/h5-6,8-13,16,21H,3-4,7H2,1-2H3. The van der Waals surface area contributed by atoms with Gasteiger partial charge in [0.15, 0.2) is 0 Å². The average molecular weight is 334 g/mol. The quantitative estimate of drug-likeness (QED) is 0.609. The first-order valence-corrected chi connectivity index (χ1v) is 8.55. The molecule has 4 heteroatoms. The summed E-state index contributed by atoms with van der Waals surface area (Å²) in [4.78, 5) is 0. The average Bonchev–Trinajstić information content (AvgIpc) is 2.64. The van der Waals surface area contributed by atoms with Crippen LogP contribution in [0.25, 0.3) is 0 Å². The van der Waals surface area contributed by atoms with E-state index in [1.165, 1.54) is 0 Å². The molecule has 0 fully saturated rings. The lowest BCUT2D eigenvalue weighted by molar-refractivity contribution is 0.403. The zero-order valence-electron chi connectivity index (χ0n) is 14.6. The van der Waals surface area contributed by atoms with Gasteiger partial charge in [-0.25, -0.2) is 0 Å². The van der Waals surface area contributed by atoms with Gasteiger partial charge in [-0.2, -0.15) is 0 Å². The third-order valence-electron chi connectivity index (χ3n) is 4.47. The highest BCUT2D eigenvalue weighted by Gasteiger charge is 2.26. The second-order valence-corrected chi connectivity index (χ2v) is 5.93. The van der Waals surface area contributed by atoms with Crippen molar-refractivity contribution in [3.63, 3.8) is 0 Å². The molecule has 25 heavy (non-hydrogen) atoms. The van der Waals surface area contributed by atoms with Crippen molar-refractivity contribution >= 4 is 0 Å². The maximum Gasteiger partial charge on any atom is 0.292 e. The maximum atomic E-state index is 8.97. The van der Waals surface area contributed by atoms with Gasteiger partial charge in [0.05, 0.1) is 0 Å². The Morgan fingerprint density at radius 3 is 2.20 bits per heavy atom. The van der Waals surface area contributed by atoms with Crippen molar-refractivity contribution in [2.75, 3.05) is 0 Å². The molecule has 0 aromatic heterocycles. The summed E-state index contributed by atoms with van der Waals surface area (Å²) in [6.07, 6.45) is 6.67. The van der Waals surface area contributed by atoms with Crippen LogP contribution in [0.3, 0.4) is 0 Å². The molecule has 2 atom stereocenters. The van der Waals surface area contributed by atoms with Crippen LogP contribution in [0.15, 0.2) is 48.5 Å². The van der Waals surface area contributed by atoms with Crippen LogP contribution >= 0.6 is 0 Å². The van der Waals surface area contributed by atoms with Crippen molar-refractivity contribution in [3.8, 4) is 24.0 Å². The van der Waals surface area contributed by atoms with Crippen molar-refractivity contribution < 1.29 is 9.47 Å². The molecule has 0 aliphatic carbocycles. The molecule has 0 saturated carbocycles. The number of hydrogen-bond donors (Lipinski definition) is 0. The molecule has 0 amide bonds. The van der Waals surface area contributed by atoms with Gasteiger partial charge in [0.1, 0.15) is 11.5 Å². The molecule has 2 aromatic carbocycles. The van der Waals surface area contributed by atoms with E-state index in [0.29, 0.717) is 17.4 Å². The van der Waals surface area contributed by atoms with Crippen LogP contribution in [0.2, 0.25) is 0 Å². The molecule has 0 heterocycles. The van der Waals surface area contributed by atoms with Gasteiger partial charge < -0.3 is 9.47 Å². The topological polar surface area (TPSA) is 66.0 Å². The first kappa shape index (κ1) is 18.4. The molecule has 0 bridgehead atoms. The van der Waals surface area contributed by atoms with Crippen LogP contribution in [-0.4, -0.2) is 0 Å². The number of hydrogen-bond acceptors (Lipinski definition) is 4. The van der Waals surface area contributed by atoms with Crippen molar-refractivity contribution in [2.45, 2.75) is 39.0 Å². The highest BCUT2D eigenvalue weighted by molar-refractivity contribution is 5.44. The highest BCUT2D eigenvalue weighted by Crippen LogP contribution is 2.41. The van der Waals surface area contributed by atoms with Gasteiger partial charge in [0.2, 0.25) is 0 Å². The third kappa shape index (κ3) is 4.52. The molecule has 2 aromatic rings. The van der Waals surface area contributed by atoms with Gasteiger partial charge in [-0.1, -0.05) is 57.0 Å². The lowest BCUT2D eigenvalue weighted by atomic mass is 9.77. The van der Waals surface area contributed by atoms with E-state index in [1.807, 2.05) is 36.4 Å². The summed E-state index contributed by atoms with van der Waals surface area (Å²) in [6, 6.07) is 15.3. The van der Waals surface area contributed by atoms with Gasteiger partial charge in [0.25, 0.3) is 12.5 Å². The van der Waals surface area contributed by atoms with Crippen LogP contribution in [0.4, 0.5) is 0 Å². The van der Waals surface area contributed by atoms with Crippen molar-refractivity contribution in [1.82, 2.24) is 0 Å². The Balaban J connectivity index is 2.50. The molecule has 0 spiro atoms. The monoisotopic (exact) mass is 334 g/mol. The first-order chi connectivity index (χ1) is 12.2. The van der Waals surface area contributed by atoms with Crippen LogP contribution in [0.1, 0.15) is 50.2 Å². The number of benzene rings is 2. The minimum Gasteiger partial charge on any atom is -0.388 e. The molecule has 4 nitrogen and oxygen atoms in total. The zero-order chi connectivity index (χ0) is 18.1. The SMILES string of the molecule is CCCC(CC)C(c1ccc(OC#N)cc1)c1ccccc1OC#N. The van der Waals surface area contributed by atoms with E-state index in [0.717, 1.165) is 30.4 Å². The van der Waals surface area contributed by atoms with Gasteiger partial charge >= 0.3 is 0 Å². The lowest BCUT2D eigenvalue weighted by Gasteiger charge is -2.28. The van der Waals surface area contributed by atoms with Crippen molar-refractivity contribution in [2.24, 2.45) is 5.92 Å². The van der Waals surface area contributed by atoms with Crippen LogP contribution in [0, 0.1) is 29.0 Å². The Morgan fingerprint density at radius 1 is 0.920 bits per heavy atom. The van der Waals surface area contributed by atoms with Crippen LogP contribution < -0.4 is 9.47 Å². The summed E-state index contributed by atoms with van der Waals surface area (Å²) in [6.45, 7) is 4.37. The minimum atomic E-state index is 0.116. The van der Waals surface area contributed by atoms with Crippen molar-refractivity contribution in [3.05, 3.63) is 59.7 Å². The number of nitrogens with zero attached hydrogens (tertiary/aromatic N) is 2. The third-order valence-corrected chi connectivity index (χ3v) is 4.47. The largest absolute Gasteiger partial charge is 0.388 e. The van der Waals surface area contributed by atoms with E-state index >= 15 is 0 Å². The van der Waals surface area contributed by atoms with E-state index in [-0.39, 0.29) is 5.92 Å². The molecule has 0 N–H and O–H groups in total. The van der Waals surface area contributed by atoms with E-state index < -0.39 is 0 Å². The second kappa shape index (κ2) is 9.35. The first-order valence-electron chi connectivity index (χ1n) is 8.55. The molecule has 128 valence electrons. The Bertz CT molecular complexity index is 757. The fourth-order valence-corrected chi connectivity index (χ4v) is 3.36. The molecule has 0 aliphatic heterocycles. The smallest absolute Gasteiger partial charge is 0.292 e. The molecule has 0 radical (unpaired) electrons. The summed E-state index contributed by atoms with van der Waals surface area (Å²) in [5, 5.41) is 17.6. The summed E-state index contributed by atoms with van der Waals surface area (Å²) in [5.74, 6) is 1.67. The number of para-hydroxylation sites is 1. The Kier molecular flexibility index (Phi) is 6.87. The summed E-state index contributed by atoms with van der Waals surface area (Å²) < 4.78 is 10.1. The molecule has 0 saturated heterocycles. The van der Waals surface area contributed by atoms with Crippen LogP contribution in [0.5, 0.6) is 11.5 Å². The Labute approximate surface area is 149 Å². The molecule has 2 unspecified atom stereocenters. The summed E-state index contributed by atoms with van der Waals surface area (Å²) >= 11 is 0. The number of rotatable bonds is 8. The van der Waals surface area contributed by atoms with Gasteiger partial charge in [-0.3, -0.25) is 0 Å². The second-order valence-electron chi connectivity index (χ2n) is 5.93. The van der Waals surface area contributed by atoms with E-state index in [1.54, 1.807) is 24.6 Å². The number of ether oxygens (including phenoxy) is 2. The summed E-state index contributed by atoms with van der Waals surface area (Å²) in [7, 11) is 0. The Morgan fingerprint density at radius 2 is 1.60 bits per heavy atom. The van der Waals surface area contributed by atoms with Crippen LogP contribution in [-0.2, 0) is 0 Å². The fraction of sp³-hybridized carbons (Fsp3) is 0.333. The molecular weight excluding hydrogens is 312 g/mol. The zero-order valence-corrected chi connectivity index (χ0v) is 14.6. The van der Waals surface area contributed by atoms with E-state index in [2.05, 4.69) is 13.8 Å². The molecule has 2 rings (SSSR count). The maximum absolute atomic E-state index is 8.97. The van der Waals surface area contributed by atoms with Gasteiger partial charge in [-0.05, 0) is 36.1 Å². The Hall–Kier alpha value is -2.98. The van der Waals surface area contributed by atoms with Crippen molar-refractivity contribution in [1.29, 1.82) is 10.5 Å². The molecular formula is C21H22N2O2. The highest BCUT2D eigenvalue weighted by atomic mass is 16.5. The fourth-order valence-electron chi connectivity index (χ4n) is 3.36. The predicted molar refractivity (Wildman–Crippen MR) is 95.9 cm³/mol. The summed E-state index contributed by atoms with van der Waals surface area (Å²) in [5.41, 5.74) is 2.14.